The van der Waals surface area contributed by atoms with E-state index in [4.69, 9.17) is 28.8 Å². The molecule has 1 amide bonds. The van der Waals surface area contributed by atoms with Crippen molar-refractivity contribution in [3.63, 3.8) is 0 Å². The van der Waals surface area contributed by atoms with Crippen molar-refractivity contribution in [1.82, 2.24) is 0 Å². The highest BCUT2D eigenvalue weighted by atomic mass is 16.6. The lowest BCUT2D eigenvalue weighted by atomic mass is 10.3. The van der Waals surface area contributed by atoms with E-state index >= 15 is 0 Å². The van der Waals surface area contributed by atoms with Crippen LogP contribution < -0.4 is 10.1 Å². The molecule has 1 rings (SSSR count). The van der Waals surface area contributed by atoms with Crippen LogP contribution in [-0.4, -0.2) is 77.1 Å². The topological polar surface area (TPSA) is 95.5 Å². The molecule has 0 aliphatic carbocycles. The third-order valence-corrected chi connectivity index (χ3v) is 3.02. The summed E-state index contributed by atoms with van der Waals surface area (Å²) in [6.07, 6.45) is 0. The highest BCUT2D eigenvalue weighted by Gasteiger charge is 1.98. The molecule has 0 atom stereocenters. The maximum Gasteiger partial charge on any atom is 0.221 e. The molecule has 0 bridgehead atoms. The Labute approximate surface area is 154 Å². The molecule has 0 aliphatic heterocycles. The Morgan fingerprint density at radius 3 is 1.73 bits per heavy atom. The predicted octanol–water partition coefficient (Wildman–Crippen LogP) is 1.08. The number of hydrogen-bond donors (Lipinski definition) is 2. The second-order valence-electron chi connectivity index (χ2n) is 5.23. The maximum absolute atomic E-state index is 10.9. The summed E-state index contributed by atoms with van der Waals surface area (Å²) in [4.78, 5) is 10.9. The summed E-state index contributed by atoms with van der Waals surface area (Å²) in [5, 5.41) is 11.2. The number of carbonyl (C=O) groups is 1. The number of ether oxygens (including phenoxy) is 5. The smallest absolute Gasteiger partial charge is 0.221 e. The first kappa shape index (κ1) is 22.3. The molecule has 8 heteroatoms. The number of anilines is 1. The van der Waals surface area contributed by atoms with Gasteiger partial charge < -0.3 is 34.1 Å². The van der Waals surface area contributed by atoms with Gasteiger partial charge in [0.05, 0.1) is 59.5 Å². The van der Waals surface area contributed by atoms with Crippen molar-refractivity contribution < 1.29 is 33.6 Å². The Morgan fingerprint density at radius 2 is 1.27 bits per heavy atom. The van der Waals surface area contributed by atoms with Crippen LogP contribution in [0.1, 0.15) is 6.92 Å². The van der Waals surface area contributed by atoms with E-state index in [1.54, 1.807) is 24.3 Å². The lowest BCUT2D eigenvalue weighted by Gasteiger charge is -2.09. The van der Waals surface area contributed by atoms with E-state index in [0.717, 1.165) is 11.4 Å². The minimum absolute atomic E-state index is 0.0268. The van der Waals surface area contributed by atoms with Crippen LogP contribution in [-0.2, 0) is 23.7 Å². The molecule has 0 fully saturated rings. The largest absolute Gasteiger partial charge is 0.491 e. The summed E-state index contributed by atoms with van der Waals surface area (Å²) >= 11 is 0. The van der Waals surface area contributed by atoms with E-state index in [2.05, 4.69) is 5.32 Å². The van der Waals surface area contributed by atoms with Gasteiger partial charge in [-0.2, -0.15) is 0 Å². The highest BCUT2D eigenvalue weighted by Crippen LogP contribution is 2.15. The van der Waals surface area contributed by atoms with Crippen molar-refractivity contribution in [3.8, 4) is 5.75 Å². The number of benzene rings is 1. The zero-order valence-electron chi connectivity index (χ0n) is 15.3. The van der Waals surface area contributed by atoms with Gasteiger partial charge in [-0.25, -0.2) is 0 Å². The maximum atomic E-state index is 10.9. The number of carbonyl (C=O) groups excluding carboxylic acids is 1. The van der Waals surface area contributed by atoms with Crippen molar-refractivity contribution in [2.45, 2.75) is 6.92 Å². The summed E-state index contributed by atoms with van der Waals surface area (Å²) < 4.78 is 26.7. The number of nitrogens with one attached hydrogen (secondary N) is 1. The third kappa shape index (κ3) is 12.6. The zero-order valence-corrected chi connectivity index (χ0v) is 15.3. The van der Waals surface area contributed by atoms with E-state index in [1.807, 2.05) is 0 Å². The Kier molecular flexibility index (Phi) is 13.3. The zero-order chi connectivity index (χ0) is 18.9. The minimum atomic E-state index is -0.104. The molecule has 0 aromatic heterocycles. The minimum Gasteiger partial charge on any atom is -0.491 e. The van der Waals surface area contributed by atoms with Crippen LogP contribution in [0.4, 0.5) is 5.69 Å². The van der Waals surface area contributed by atoms with Crippen molar-refractivity contribution in [3.05, 3.63) is 24.3 Å². The molecule has 2 N–H and O–H groups in total. The van der Waals surface area contributed by atoms with Gasteiger partial charge in [0.1, 0.15) is 12.4 Å². The second-order valence-corrected chi connectivity index (χ2v) is 5.23. The summed E-state index contributed by atoms with van der Waals surface area (Å²) in [6.45, 7) is 5.69. The van der Waals surface area contributed by atoms with Gasteiger partial charge in [0, 0.05) is 12.6 Å². The van der Waals surface area contributed by atoms with Crippen molar-refractivity contribution >= 4 is 11.6 Å². The van der Waals surface area contributed by atoms with E-state index in [9.17, 15) is 4.79 Å². The van der Waals surface area contributed by atoms with Gasteiger partial charge in [-0.3, -0.25) is 4.79 Å². The van der Waals surface area contributed by atoms with Crippen LogP contribution >= 0.6 is 0 Å². The van der Waals surface area contributed by atoms with Crippen LogP contribution in [0.2, 0.25) is 0 Å². The number of hydrogen-bond acceptors (Lipinski definition) is 7. The van der Waals surface area contributed by atoms with Crippen LogP contribution in [0.15, 0.2) is 24.3 Å². The SMILES string of the molecule is CC(=O)Nc1ccc(OCCOCCOCCOCCOCCO)cc1. The molecule has 1 aromatic rings. The van der Waals surface area contributed by atoms with Crippen LogP contribution in [0.3, 0.4) is 0 Å². The first-order valence-electron chi connectivity index (χ1n) is 8.64. The molecule has 0 saturated carbocycles. The normalized spacial score (nSPS) is 10.7. The molecule has 0 aliphatic rings. The summed E-state index contributed by atoms with van der Waals surface area (Å²) in [5.41, 5.74) is 0.736. The molecule has 0 spiro atoms. The number of rotatable bonds is 16. The number of aliphatic hydroxyl groups excluding tert-OH is 1. The Balaban J connectivity index is 1.87. The van der Waals surface area contributed by atoms with Gasteiger partial charge in [-0.05, 0) is 24.3 Å². The average molecular weight is 371 g/mol. The Hall–Kier alpha value is -1.71. The van der Waals surface area contributed by atoms with E-state index < -0.39 is 0 Å². The molecule has 0 saturated heterocycles. The van der Waals surface area contributed by atoms with E-state index in [1.165, 1.54) is 6.92 Å². The first-order chi connectivity index (χ1) is 12.7. The molecule has 148 valence electrons. The standard InChI is InChI=1S/C18H29NO7/c1-16(21)19-17-2-4-18(5-3-17)26-15-14-25-13-12-24-11-10-23-9-8-22-7-6-20/h2-5,20H,6-15H2,1H3,(H,19,21). The number of amides is 1. The van der Waals surface area contributed by atoms with Gasteiger partial charge in [-0.1, -0.05) is 0 Å². The van der Waals surface area contributed by atoms with Crippen LogP contribution in [0.25, 0.3) is 0 Å². The third-order valence-electron chi connectivity index (χ3n) is 3.02. The predicted molar refractivity (Wildman–Crippen MR) is 96.6 cm³/mol. The molecular weight excluding hydrogens is 342 g/mol. The molecule has 26 heavy (non-hydrogen) atoms. The molecule has 1 aromatic carbocycles. The van der Waals surface area contributed by atoms with Gasteiger partial charge in [0.2, 0.25) is 5.91 Å². The quantitative estimate of drug-likeness (QED) is 0.420. The van der Waals surface area contributed by atoms with Crippen LogP contribution in [0.5, 0.6) is 5.75 Å². The van der Waals surface area contributed by atoms with Gasteiger partial charge in [0.15, 0.2) is 0 Å². The van der Waals surface area contributed by atoms with Crippen molar-refractivity contribution in [2.75, 3.05) is 71.4 Å². The summed E-state index contributed by atoms with van der Waals surface area (Å²) in [5.74, 6) is 0.618. The van der Waals surface area contributed by atoms with E-state index in [-0.39, 0.29) is 12.5 Å². The molecule has 0 radical (unpaired) electrons. The summed E-state index contributed by atoms with van der Waals surface area (Å²) in [6, 6.07) is 7.16. The molecule has 0 unspecified atom stereocenters. The monoisotopic (exact) mass is 371 g/mol. The lowest BCUT2D eigenvalue weighted by Crippen LogP contribution is -2.14. The van der Waals surface area contributed by atoms with Crippen molar-refractivity contribution in [1.29, 1.82) is 0 Å². The Morgan fingerprint density at radius 1 is 0.808 bits per heavy atom. The van der Waals surface area contributed by atoms with Gasteiger partial charge >= 0.3 is 0 Å². The fraction of sp³-hybridized carbons (Fsp3) is 0.611. The fourth-order valence-electron chi connectivity index (χ4n) is 1.88. The highest BCUT2D eigenvalue weighted by molar-refractivity contribution is 5.88. The van der Waals surface area contributed by atoms with E-state index in [0.29, 0.717) is 59.5 Å². The van der Waals surface area contributed by atoms with Gasteiger partial charge in [-0.15, -0.1) is 0 Å². The van der Waals surface area contributed by atoms with Gasteiger partial charge in [0.25, 0.3) is 0 Å². The average Bonchev–Trinajstić information content (AvgIpc) is 2.63. The van der Waals surface area contributed by atoms with Crippen LogP contribution in [0, 0.1) is 0 Å². The second kappa shape index (κ2) is 15.5. The van der Waals surface area contributed by atoms with Crippen molar-refractivity contribution in [2.24, 2.45) is 0 Å². The lowest BCUT2D eigenvalue weighted by molar-refractivity contribution is -0.114. The molecular formula is C18H29NO7. The number of aliphatic hydroxyl groups is 1. The summed E-state index contributed by atoms with van der Waals surface area (Å²) in [7, 11) is 0. The fourth-order valence-corrected chi connectivity index (χ4v) is 1.88. The molecule has 8 nitrogen and oxygen atoms in total. The first-order valence-corrected chi connectivity index (χ1v) is 8.64. The molecule has 0 heterocycles. The Bertz CT molecular complexity index is 467.